The summed E-state index contributed by atoms with van der Waals surface area (Å²) >= 11 is 0. The SMILES string of the molecule is C.C=[N+]=CC(=O)CC[C@H](NC(=O)OC(OC(=O)C(C)(C)C)C(C)C)C(=O)OC(C)C.C=[N+]=CC(=O)CC[C@H](NC(=O)OC(OC(=O)C(C)(C)C)c1ccccc1)C(=O)OC(C)C. The van der Waals surface area contributed by atoms with Gasteiger partial charge < -0.3 is 39.1 Å². The first-order valence-electron chi connectivity index (χ1n) is 19.7. The van der Waals surface area contributed by atoms with Gasteiger partial charge in [0.05, 0.1) is 23.0 Å². The third-order valence-electron chi connectivity index (χ3n) is 7.40. The molecule has 0 aromatic heterocycles. The van der Waals surface area contributed by atoms with Crippen molar-refractivity contribution < 1.29 is 66.8 Å². The highest BCUT2D eigenvalue weighted by atomic mass is 16.7. The van der Waals surface area contributed by atoms with E-state index in [0.717, 1.165) is 12.4 Å². The number of benzene rings is 1. The Balaban J connectivity index is 0. The number of carbonyl (C=O) groups excluding carboxylic acids is 8. The van der Waals surface area contributed by atoms with Gasteiger partial charge in [-0.3, -0.25) is 19.2 Å². The highest BCUT2D eigenvalue weighted by Gasteiger charge is 2.33. The van der Waals surface area contributed by atoms with Crippen molar-refractivity contribution in [3.05, 3.63) is 35.9 Å². The van der Waals surface area contributed by atoms with E-state index in [2.05, 4.69) is 33.4 Å². The van der Waals surface area contributed by atoms with E-state index in [0.29, 0.717) is 5.56 Å². The third kappa shape index (κ3) is 24.8. The summed E-state index contributed by atoms with van der Waals surface area (Å²) in [5.74, 6) is -3.56. The zero-order chi connectivity index (χ0) is 47.1. The van der Waals surface area contributed by atoms with Gasteiger partial charge >= 0.3 is 48.5 Å². The fourth-order valence-corrected chi connectivity index (χ4v) is 4.21. The van der Waals surface area contributed by atoms with Crippen LogP contribution >= 0.6 is 0 Å². The molecule has 0 aliphatic carbocycles. The number of Topliss-reactive ketones (excluding diaryl/α,β-unsaturated/α-hetero) is 2. The minimum absolute atomic E-state index is 0. The van der Waals surface area contributed by atoms with Gasteiger partial charge in [-0.2, -0.15) is 0 Å². The summed E-state index contributed by atoms with van der Waals surface area (Å²) in [6.45, 7) is 26.5. The van der Waals surface area contributed by atoms with Gasteiger partial charge in [0.2, 0.25) is 11.6 Å². The van der Waals surface area contributed by atoms with E-state index in [-0.39, 0.29) is 50.6 Å². The highest BCUT2D eigenvalue weighted by Crippen LogP contribution is 2.25. The molecule has 0 bridgehead atoms. The van der Waals surface area contributed by atoms with Crippen molar-refractivity contribution in [2.24, 2.45) is 16.7 Å². The van der Waals surface area contributed by atoms with E-state index in [4.69, 9.17) is 28.4 Å². The lowest BCUT2D eigenvalue weighted by Gasteiger charge is -2.26. The second kappa shape index (κ2) is 28.4. The first-order chi connectivity index (χ1) is 28.2. The quantitative estimate of drug-likeness (QED) is 0.0580. The molecule has 62 heavy (non-hydrogen) atoms. The summed E-state index contributed by atoms with van der Waals surface area (Å²) in [4.78, 5) is 97.3. The first-order valence-corrected chi connectivity index (χ1v) is 19.7. The van der Waals surface area contributed by atoms with Crippen LogP contribution in [-0.4, -0.2) is 104 Å². The number of hydrogen-bond donors (Lipinski definition) is 2. The summed E-state index contributed by atoms with van der Waals surface area (Å²) in [5.41, 5.74) is -1.16. The average molecular weight is 877 g/mol. The van der Waals surface area contributed by atoms with Crippen molar-refractivity contribution in [3.63, 3.8) is 0 Å². The van der Waals surface area contributed by atoms with Gasteiger partial charge in [0, 0.05) is 24.3 Å². The summed E-state index contributed by atoms with van der Waals surface area (Å²) in [6, 6.07) is 6.17. The maximum absolute atomic E-state index is 12.6. The first kappa shape index (κ1) is 58.0. The molecule has 4 atom stereocenters. The molecule has 0 saturated heterocycles. The van der Waals surface area contributed by atoms with E-state index >= 15 is 0 Å². The van der Waals surface area contributed by atoms with Crippen molar-refractivity contribution in [2.45, 2.75) is 153 Å². The van der Waals surface area contributed by atoms with E-state index in [1.54, 1.807) is 113 Å². The van der Waals surface area contributed by atoms with Crippen LogP contribution in [0.25, 0.3) is 0 Å². The normalized spacial score (nSPS) is 12.7. The predicted molar refractivity (Wildman–Crippen MR) is 234 cm³/mol. The Morgan fingerprint density at radius 1 is 0.597 bits per heavy atom. The number of alkyl carbamates (subject to hydrolysis) is 2. The van der Waals surface area contributed by atoms with Gasteiger partial charge in [-0.15, -0.1) is 9.34 Å². The van der Waals surface area contributed by atoms with Crippen LogP contribution in [0.5, 0.6) is 0 Å². The molecule has 1 aromatic carbocycles. The van der Waals surface area contributed by atoms with E-state index in [9.17, 15) is 38.4 Å². The predicted octanol–water partition coefficient (Wildman–Crippen LogP) is 4.94. The number of hydrogen-bond acceptors (Lipinski definition) is 14. The summed E-state index contributed by atoms with van der Waals surface area (Å²) < 4.78 is 38.2. The molecule has 0 spiro atoms. The van der Waals surface area contributed by atoms with Gasteiger partial charge in [-0.05, 0) is 82.1 Å². The molecule has 0 fully saturated rings. The monoisotopic (exact) mass is 876 g/mol. The van der Waals surface area contributed by atoms with Crippen molar-refractivity contribution in [2.75, 3.05) is 0 Å². The summed E-state index contributed by atoms with van der Waals surface area (Å²) in [7, 11) is 0. The van der Waals surface area contributed by atoms with Crippen LogP contribution in [0.15, 0.2) is 30.3 Å². The Morgan fingerprint density at radius 3 is 1.34 bits per heavy atom. The van der Waals surface area contributed by atoms with Crippen molar-refractivity contribution in [1.82, 2.24) is 20.0 Å². The average Bonchev–Trinajstić information content (AvgIpc) is 3.13. The molecule has 0 aliphatic heterocycles. The molecule has 1 aromatic rings. The van der Waals surface area contributed by atoms with Crippen molar-refractivity contribution in [3.8, 4) is 0 Å². The standard InChI is InChI=1S/C23H30N2O7.C20H32N2O7.CH4/c1-15(2)30-19(27)18(13-12-17(26)14-24-6)25-22(29)32-20(16-10-8-7-9-11-16)31-21(28)23(3,4)5;1-12(2)17(28-18(25)20(5,6)7)29-19(26)22-15(16(24)27-13(3)4)10-9-14(23)11-21-8;/h7-11,14-15,18,20H,6,12-13H2,1-5H3;11-13,15,17H,8-10H2,1-7H3;1H4/p+2/t18-,20?;15-,17?;/m00./s1. The molecule has 18 nitrogen and oxygen atoms in total. The molecule has 18 heteroatoms. The Labute approximate surface area is 365 Å². The smallest absolute Gasteiger partial charge is 0.411 e. The van der Waals surface area contributed by atoms with Gasteiger partial charge in [-0.25, -0.2) is 19.2 Å². The molecular weight excluding hydrogens is 808 g/mol. The topological polar surface area (TPSA) is 244 Å². The van der Waals surface area contributed by atoms with Crippen molar-refractivity contribution in [1.29, 1.82) is 0 Å². The highest BCUT2D eigenvalue weighted by molar-refractivity contribution is 6.27. The zero-order valence-corrected chi connectivity index (χ0v) is 37.4. The van der Waals surface area contributed by atoms with Crippen molar-refractivity contribution >= 4 is 73.5 Å². The fraction of sp³-hybridized carbons (Fsp3) is 0.591. The molecule has 346 valence electrons. The lowest BCUT2D eigenvalue weighted by atomic mass is 9.97. The van der Waals surface area contributed by atoms with E-state index in [1.165, 1.54) is 0 Å². The van der Waals surface area contributed by atoms with Crippen LogP contribution in [0.1, 0.15) is 128 Å². The van der Waals surface area contributed by atoms with Crippen LogP contribution in [0.2, 0.25) is 0 Å². The molecule has 2 amide bonds. The lowest BCUT2D eigenvalue weighted by molar-refractivity contribution is -0.184. The Hall–Kier alpha value is -6.12. The number of amides is 2. The fourth-order valence-electron chi connectivity index (χ4n) is 4.21. The van der Waals surface area contributed by atoms with Crippen LogP contribution < -0.4 is 20.0 Å². The van der Waals surface area contributed by atoms with E-state index < -0.39 is 83.8 Å². The molecule has 0 aliphatic rings. The number of ketones is 2. The van der Waals surface area contributed by atoms with Gasteiger partial charge in [-0.1, -0.05) is 51.6 Å². The maximum Gasteiger partial charge on any atom is 0.411 e. The largest absolute Gasteiger partial charge is 0.461 e. The van der Waals surface area contributed by atoms with Gasteiger partial charge in [0.15, 0.2) is 0 Å². The Kier molecular flexibility index (Phi) is 26.6. The molecule has 0 saturated carbocycles. The number of esters is 4. The third-order valence-corrected chi connectivity index (χ3v) is 7.40. The molecule has 0 radical (unpaired) electrons. The number of nitrogens with zero attached hydrogens (tertiary/aromatic N) is 2. The molecular formula is C44H68N4O14+2. The lowest BCUT2D eigenvalue weighted by Crippen LogP contribution is -2.45. The molecule has 2 unspecified atom stereocenters. The number of rotatable bonds is 20. The minimum Gasteiger partial charge on any atom is -0.461 e. The number of carbonyl (C=O) groups is 8. The van der Waals surface area contributed by atoms with Gasteiger partial charge in [0.1, 0.15) is 12.1 Å². The number of ether oxygens (including phenoxy) is 6. The number of nitrogens with one attached hydrogen (secondary N) is 2. The molecule has 2 N–H and O–H groups in total. The summed E-state index contributed by atoms with van der Waals surface area (Å²) in [6.07, 6.45) is -3.39. The summed E-state index contributed by atoms with van der Waals surface area (Å²) in [5, 5.41) is 4.77. The molecule has 1 rings (SSSR count). The van der Waals surface area contributed by atoms with Gasteiger partial charge in [0.25, 0.3) is 26.0 Å². The second-order valence-corrected chi connectivity index (χ2v) is 16.5. The molecule has 0 heterocycles. The zero-order valence-electron chi connectivity index (χ0n) is 37.4. The minimum atomic E-state index is -1.33. The van der Waals surface area contributed by atoms with Crippen LogP contribution in [-0.2, 0) is 57.2 Å². The Morgan fingerprint density at radius 2 is 0.984 bits per heavy atom. The van der Waals surface area contributed by atoms with Crippen LogP contribution in [0, 0.1) is 16.7 Å². The van der Waals surface area contributed by atoms with E-state index in [1.807, 2.05) is 0 Å². The maximum atomic E-state index is 12.6. The van der Waals surface area contributed by atoms with Crippen LogP contribution in [0.3, 0.4) is 0 Å². The van der Waals surface area contributed by atoms with Crippen LogP contribution in [0.4, 0.5) is 9.59 Å². The second-order valence-electron chi connectivity index (χ2n) is 16.5. The Bertz CT molecular complexity index is 1750.